The number of rotatable bonds is 1. The molecule has 0 bridgehead atoms. The summed E-state index contributed by atoms with van der Waals surface area (Å²) in [6.07, 6.45) is 0.791. The molecule has 2 amide bonds. The molecule has 3 nitrogen and oxygen atoms in total. The molecule has 1 aromatic rings. The number of amides is 2. The van der Waals surface area contributed by atoms with E-state index in [2.05, 4.69) is 0 Å². The molecule has 1 heterocycles. The SMILES string of the molecule is O=C1C=C(c2cc(F)cc(F)c2F)C(=O)N1. The maximum absolute atomic E-state index is 13.3. The minimum Gasteiger partial charge on any atom is -0.289 e. The number of hydrogen-bond donors (Lipinski definition) is 1. The van der Waals surface area contributed by atoms with Gasteiger partial charge in [0.2, 0.25) is 0 Å². The van der Waals surface area contributed by atoms with E-state index in [1.165, 1.54) is 0 Å². The van der Waals surface area contributed by atoms with Gasteiger partial charge in [-0.15, -0.1) is 0 Å². The van der Waals surface area contributed by atoms with Crippen LogP contribution < -0.4 is 5.32 Å². The van der Waals surface area contributed by atoms with E-state index in [0.29, 0.717) is 12.1 Å². The van der Waals surface area contributed by atoms with Crippen molar-refractivity contribution in [3.63, 3.8) is 0 Å². The smallest absolute Gasteiger partial charge is 0.259 e. The van der Waals surface area contributed by atoms with Gasteiger partial charge in [-0.05, 0) is 6.07 Å². The Morgan fingerprint density at radius 3 is 2.31 bits per heavy atom. The van der Waals surface area contributed by atoms with Crippen molar-refractivity contribution in [2.45, 2.75) is 0 Å². The van der Waals surface area contributed by atoms with Gasteiger partial charge in [-0.1, -0.05) is 0 Å². The lowest BCUT2D eigenvalue weighted by molar-refractivity contribution is -0.123. The minimum atomic E-state index is -1.41. The molecule has 82 valence electrons. The second kappa shape index (κ2) is 3.48. The van der Waals surface area contributed by atoms with Crippen LogP contribution in [0.1, 0.15) is 5.56 Å². The van der Waals surface area contributed by atoms with Crippen LogP contribution in [0.15, 0.2) is 18.2 Å². The third kappa shape index (κ3) is 1.58. The van der Waals surface area contributed by atoms with Gasteiger partial charge in [-0.25, -0.2) is 13.2 Å². The molecule has 2 rings (SSSR count). The third-order valence-electron chi connectivity index (χ3n) is 2.04. The van der Waals surface area contributed by atoms with Crippen molar-refractivity contribution in [2.24, 2.45) is 0 Å². The highest BCUT2D eigenvalue weighted by molar-refractivity contribution is 6.33. The maximum Gasteiger partial charge on any atom is 0.259 e. The molecule has 0 radical (unpaired) electrons. The molecule has 1 aromatic carbocycles. The Labute approximate surface area is 87.6 Å². The van der Waals surface area contributed by atoms with Crippen LogP contribution in [-0.2, 0) is 9.59 Å². The van der Waals surface area contributed by atoms with Gasteiger partial charge in [0.1, 0.15) is 5.82 Å². The summed E-state index contributed by atoms with van der Waals surface area (Å²) in [5.41, 5.74) is -0.957. The topological polar surface area (TPSA) is 46.2 Å². The van der Waals surface area contributed by atoms with E-state index in [0.717, 1.165) is 6.08 Å². The summed E-state index contributed by atoms with van der Waals surface area (Å²) in [7, 11) is 0. The fourth-order valence-electron chi connectivity index (χ4n) is 1.36. The van der Waals surface area contributed by atoms with Crippen LogP contribution in [-0.4, -0.2) is 11.8 Å². The number of imide groups is 1. The van der Waals surface area contributed by atoms with Crippen LogP contribution in [0.25, 0.3) is 5.57 Å². The quantitative estimate of drug-likeness (QED) is 0.577. The fraction of sp³-hybridized carbons (Fsp3) is 0. The molecule has 16 heavy (non-hydrogen) atoms. The zero-order valence-corrected chi connectivity index (χ0v) is 7.68. The molecule has 0 saturated carbocycles. The van der Waals surface area contributed by atoms with E-state index in [9.17, 15) is 22.8 Å². The van der Waals surface area contributed by atoms with Crippen molar-refractivity contribution in [3.8, 4) is 0 Å². The molecule has 1 aliphatic rings. The highest BCUT2D eigenvalue weighted by Crippen LogP contribution is 2.24. The number of hydrogen-bond acceptors (Lipinski definition) is 2. The lowest BCUT2D eigenvalue weighted by atomic mass is 10.1. The Morgan fingerprint density at radius 2 is 1.75 bits per heavy atom. The Morgan fingerprint density at radius 1 is 1.06 bits per heavy atom. The summed E-state index contributed by atoms with van der Waals surface area (Å²) in [6.45, 7) is 0. The van der Waals surface area contributed by atoms with Gasteiger partial charge in [0, 0.05) is 17.7 Å². The largest absolute Gasteiger partial charge is 0.289 e. The molecule has 0 saturated heterocycles. The van der Waals surface area contributed by atoms with Crippen LogP contribution in [0.4, 0.5) is 13.2 Å². The molecular formula is C10H4F3NO2. The monoisotopic (exact) mass is 227 g/mol. The number of halogens is 3. The number of carbonyl (C=O) groups excluding carboxylic acids is 2. The summed E-state index contributed by atoms with van der Waals surface area (Å²) in [6, 6.07) is 1.01. The van der Waals surface area contributed by atoms with Gasteiger partial charge in [-0.3, -0.25) is 14.9 Å². The first-order valence-corrected chi connectivity index (χ1v) is 4.21. The van der Waals surface area contributed by atoms with Crippen LogP contribution in [0, 0.1) is 17.5 Å². The Bertz CT molecular complexity index is 537. The first-order chi connectivity index (χ1) is 7.49. The molecule has 0 unspecified atom stereocenters. The molecule has 0 fully saturated rings. The average Bonchev–Trinajstić information content (AvgIpc) is 2.51. The molecule has 1 N–H and O–H groups in total. The summed E-state index contributed by atoms with van der Waals surface area (Å²) >= 11 is 0. The molecule has 0 atom stereocenters. The predicted octanol–water partition coefficient (Wildman–Crippen LogP) is 1.14. The van der Waals surface area contributed by atoms with Crippen LogP contribution in [0.2, 0.25) is 0 Å². The molecule has 0 aliphatic carbocycles. The molecule has 6 heteroatoms. The zero-order valence-electron chi connectivity index (χ0n) is 7.68. The van der Waals surface area contributed by atoms with Crippen molar-refractivity contribution >= 4 is 17.4 Å². The summed E-state index contributed by atoms with van der Waals surface area (Å²) < 4.78 is 39.0. The van der Waals surface area contributed by atoms with Gasteiger partial charge >= 0.3 is 0 Å². The minimum absolute atomic E-state index is 0.355. The second-order valence-corrected chi connectivity index (χ2v) is 3.13. The summed E-state index contributed by atoms with van der Waals surface area (Å²) in [5, 5.41) is 1.85. The summed E-state index contributed by atoms with van der Waals surface area (Å²) in [5.74, 6) is -5.43. The van der Waals surface area contributed by atoms with Crippen molar-refractivity contribution in [3.05, 3.63) is 41.2 Å². The van der Waals surface area contributed by atoms with E-state index in [1.54, 1.807) is 0 Å². The Hall–Kier alpha value is -2.11. The standard InChI is InChI=1S/C10H4F3NO2/c11-4-1-5(9(13)7(12)2-4)6-3-8(15)14-10(6)16/h1-3H,(H,14,15,16). The lowest BCUT2D eigenvalue weighted by Crippen LogP contribution is -2.22. The van der Waals surface area contributed by atoms with Gasteiger partial charge in [-0.2, -0.15) is 0 Å². The van der Waals surface area contributed by atoms with E-state index in [1.807, 2.05) is 5.32 Å². The highest BCUT2D eigenvalue weighted by Gasteiger charge is 2.26. The molecular weight excluding hydrogens is 223 g/mol. The normalized spacial score (nSPS) is 15.1. The van der Waals surface area contributed by atoms with Gasteiger partial charge in [0.15, 0.2) is 11.6 Å². The maximum atomic E-state index is 13.3. The number of benzene rings is 1. The fourth-order valence-corrected chi connectivity index (χ4v) is 1.36. The van der Waals surface area contributed by atoms with Crippen LogP contribution in [0.5, 0.6) is 0 Å². The molecule has 1 aliphatic heterocycles. The number of carbonyl (C=O) groups is 2. The lowest BCUT2D eigenvalue weighted by Gasteiger charge is -2.03. The zero-order chi connectivity index (χ0) is 11.9. The first-order valence-electron chi connectivity index (χ1n) is 4.21. The Kier molecular flexibility index (Phi) is 2.26. The van der Waals surface area contributed by atoms with Crippen LogP contribution in [0.3, 0.4) is 0 Å². The molecule has 0 spiro atoms. The van der Waals surface area contributed by atoms with E-state index >= 15 is 0 Å². The van der Waals surface area contributed by atoms with E-state index in [4.69, 9.17) is 0 Å². The number of nitrogens with one attached hydrogen (secondary N) is 1. The van der Waals surface area contributed by atoms with Crippen molar-refractivity contribution < 1.29 is 22.8 Å². The summed E-state index contributed by atoms with van der Waals surface area (Å²) in [4.78, 5) is 21.9. The van der Waals surface area contributed by atoms with Crippen LogP contribution >= 0.6 is 0 Å². The van der Waals surface area contributed by atoms with Gasteiger partial charge in [0.25, 0.3) is 11.8 Å². The Balaban J connectivity index is 2.61. The predicted molar refractivity (Wildman–Crippen MR) is 47.4 cm³/mol. The van der Waals surface area contributed by atoms with Crippen molar-refractivity contribution in [2.75, 3.05) is 0 Å². The molecule has 0 aromatic heterocycles. The van der Waals surface area contributed by atoms with Gasteiger partial charge in [0.05, 0.1) is 5.57 Å². The van der Waals surface area contributed by atoms with Crippen molar-refractivity contribution in [1.29, 1.82) is 0 Å². The van der Waals surface area contributed by atoms with Crippen molar-refractivity contribution in [1.82, 2.24) is 5.32 Å². The highest BCUT2D eigenvalue weighted by atomic mass is 19.2. The average molecular weight is 227 g/mol. The van der Waals surface area contributed by atoms with E-state index in [-0.39, 0.29) is 5.57 Å². The third-order valence-corrected chi connectivity index (χ3v) is 2.04. The second-order valence-electron chi connectivity index (χ2n) is 3.13. The van der Waals surface area contributed by atoms with Gasteiger partial charge < -0.3 is 0 Å². The van der Waals surface area contributed by atoms with E-state index < -0.39 is 34.8 Å². The first kappa shape index (κ1) is 10.4.